The predicted octanol–water partition coefficient (Wildman–Crippen LogP) is 2.96. The first kappa shape index (κ1) is 23.3. The number of hydrogen-bond donors (Lipinski definition) is 0. The van der Waals surface area contributed by atoms with Gasteiger partial charge in [-0.05, 0) is 51.7 Å². The first-order valence-electron chi connectivity index (χ1n) is 8.11. The van der Waals surface area contributed by atoms with E-state index < -0.39 is 37.9 Å². The number of carbonyl (C=O) groups excluding carboxylic acids is 2. The molecule has 0 heterocycles. The number of rotatable bonds is 11. The second kappa shape index (κ2) is 10.3. The number of esters is 2. The van der Waals surface area contributed by atoms with Crippen LogP contribution in [0.25, 0.3) is 0 Å². The van der Waals surface area contributed by atoms with Crippen LogP contribution in [-0.2, 0) is 27.3 Å². The van der Waals surface area contributed by atoms with Crippen molar-refractivity contribution in [2.45, 2.75) is 58.2 Å². The van der Waals surface area contributed by atoms with Crippen molar-refractivity contribution in [1.82, 2.24) is 0 Å². The van der Waals surface area contributed by atoms with E-state index in [1.807, 2.05) is 0 Å². The van der Waals surface area contributed by atoms with Crippen LogP contribution >= 0.6 is 0 Å². The standard InChI is InChI=1S/C15H32O6Si3/c1-13(15(17)18-2)12-14(16)19-10-9-11-22(20-23(3,4)5)21-24(6,7)8/h22H,1,9-12H2,2-8H3. The van der Waals surface area contributed by atoms with Crippen LogP contribution in [0.4, 0.5) is 0 Å². The van der Waals surface area contributed by atoms with Crippen molar-refractivity contribution in [3.05, 3.63) is 12.2 Å². The quantitative estimate of drug-likeness (QED) is 0.233. The lowest BCUT2D eigenvalue weighted by Crippen LogP contribution is -2.43. The van der Waals surface area contributed by atoms with Crippen LogP contribution in [0.2, 0.25) is 45.3 Å². The van der Waals surface area contributed by atoms with E-state index in [2.05, 4.69) is 50.6 Å². The van der Waals surface area contributed by atoms with Gasteiger partial charge in [-0.3, -0.25) is 4.79 Å². The molecule has 6 nitrogen and oxygen atoms in total. The van der Waals surface area contributed by atoms with Crippen LogP contribution in [0, 0.1) is 0 Å². The normalized spacial score (nSPS) is 12.2. The van der Waals surface area contributed by atoms with Gasteiger partial charge in [-0.2, -0.15) is 0 Å². The van der Waals surface area contributed by atoms with Crippen LogP contribution in [0.1, 0.15) is 12.8 Å². The molecule has 0 bridgehead atoms. The van der Waals surface area contributed by atoms with Crippen LogP contribution in [0.15, 0.2) is 12.2 Å². The summed E-state index contributed by atoms with van der Waals surface area (Å²) in [6.45, 7) is 16.7. The third kappa shape index (κ3) is 12.6. The summed E-state index contributed by atoms with van der Waals surface area (Å²) in [7, 11) is -3.81. The minimum atomic E-state index is -1.76. The predicted molar refractivity (Wildman–Crippen MR) is 102 cm³/mol. The molecule has 0 rings (SSSR count). The van der Waals surface area contributed by atoms with Crippen LogP contribution < -0.4 is 0 Å². The summed E-state index contributed by atoms with van der Waals surface area (Å²) in [5.74, 6) is -1.06. The number of hydrogen-bond acceptors (Lipinski definition) is 6. The van der Waals surface area contributed by atoms with Gasteiger partial charge in [0.25, 0.3) is 0 Å². The summed E-state index contributed by atoms with van der Waals surface area (Å²) in [4.78, 5) is 22.8. The topological polar surface area (TPSA) is 71.1 Å². The molecule has 0 atom stereocenters. The van der Waals surface area contributed by atoms with Gasteiger partial charge in [0, 0.05) is 5.57 Å². The van der Waals surface area contributed by atoms with E-state index in [4.69, 9.17) is 13.0 Å². The average Bonchev–Trinajstić information content (AvgIpc) is 2.38. The summed E-state index contributed by atoms with van der Waals surface area (Å²) >= 11 is 0. The minimum absolute atomic E-state index is 0.0962. The first-order valence-corrected chi connectivity index (χ1v) is 16.7. The van der Waals surface area contributed by atoms with E-state index in [-0.39, 0.29) is 12.0 Å². The highest BCUT2D eigenvalue weighted by molar-refractivity contribution is 6.81. The fraction of sp³-hybridized carbons (Fsp3) is 0.733. The molecular weight excluding hydrogens is 360 g/mol. The molecule has 0 unspecified atom stereocenters. The molecule has 0 N–H and O–H groups in total. The highest BCUT2D eigenvalue weighted by atomic mass is 28.4. The molecule has 0 radical (unpaired) electrons. The van der Waals surface area contributed by atoms with Crippen LogP contribution in [0.5, 0.6) is 0 Å². The second-order valence-electron chi connectivity index (χ2n) is 7.52. The zero-order chi connectivity index (χ0) is 19.0. The summed E-state index contributed by atoms with van der Waals surface area (Å²) in [6.07, 6.45) is 0.548. The molecule has 0 aliphatic rings. The van der Waals surface area contributed by atoms with E-state index in [0.29, 0.717) is 13.0 Å². The number of methoxy groups -OCH3 is 1. The molecule has 0 saturated heterocycles. The van der Waals surface area contributed by atoms with Crippen molar-refractivity contribution in [3.8, 4) is 0 Å². The summed E-state index contributed by atoms with van der Waals surface area (Å²) < 4.78 is 22.1. The molecular formula is C15H32O6Si3. The maximum atomic E-state index is 11.6. The Morgan fingerprint density at radius 3 is 1.92 bits per heavy atom. The lowest BCUT2D eigenvalue weighted by atomic mass is 10.2. The van der Waals surface area contributed by atoms with Crippen LogP contribution in [-0.4, -0.2) is 51.6 Å². The smallest absolute Gasteiger partial charge is 0.333 e. The maximum Gasteiger partial charge on any atom is 0.333 e. The van der Waals surface area contributed by atoms with Crippen molar-refractivity contribution in [2.24, 2.45) is 0 Å². The largest absolute Gasteiger partial charge is 0.466 e. The molecule has 0 spiro atoms. The van der Waals surface area contributed by atoms with E-state index in [1.54, 1.807) is 0 Å². The van der Waals surface area contributed by atoms with Gasteiger partial charge in [0.15, 0.2) is 16.6 Å². The number of ether oxygens (including phenoxy) is 2. The monoisotopic (exact) mass is 392 g/mol. The highest BCUT2D eigenvalue weighted by Crippen LogP contribution is 2.16. The Labute approximate surface area is 149 Å². The molecule has 0 aromatic carbocycles. The van der Waals surface area contributed by atoms with E-state index in [0.717, 1.165) is 6.04 Å². The zero-order valence-corrected chi connectivity index (χ0v) is 19.2. The summed E-state index contributed by atoms with van der Waals surface area (Å²) in [6, 6.07) is 0.805. The molecule has 0 saturated carbocycles. The van der Waals surface area contributed by atoms with Gasteiger partial charge in [0.1, 0.15) is 0 Å². The van der Waals surface area contributed by atoms with Gasteiger partial charge in [0.05, 0.1) is 20.1 Å². The first-order chi connectivity index (χ1) is 10.8. The van der Waals surface area contributed by atoms with E-state index in [9.17, 15) is 9.59 Å². The second-order valence-corrected chi connectivity index (χ2v) is 19.3. The van der Waals surface area contributed by atoms with E-state index in [1.165, 1.54) is 7.11 Å². The third-order valence-electron chi connectivity index (χ3n) is 2.65. The van der Waals surface area contributed by atoms with Gasteiger partial charge in [-0.1, -0.05) is 6.58 Å². The average molecular weight is 393 g/mol. The Bertz CT molecular complexity index is 423. The molecule has 0 amide bonds. The Morgan fingerprint density at radius 1 is 1.00 bits per heavy atom. The van der Waals surface area contributed by atoms with Gasteiger partial charge in [0.2, 0.25) is 0 Å². The molecule has 0 aliphatic heterocycles. The molecule has 0 aromatic heterocycles. The summed E-state index contributed by atoms with van der Waals surface area (Å²) in [5.41, 5.74) is 0.0962. The van der Waals surface area contributed by atoms with Gasteiger partial charge >= 0.3 is 21.2 Å². The highest BCUT2D eigenvalue weighted by Gasteiger charge is 2.28. The maximum absolute atomic E-state index is 11.6. The Morgan fingerprint density at radius 2 is 1.50 bits per heavy atom. The van der Waals surface area contributed by atoms with Crippen molar-refractivity contribution < 1.29 is 27.3 Å². The SMILES string of the molecule is C=C(CC(=O)OCCC[SiH](O[Si](C)(C)C)O[Si](C)(C)C)C(=O)OC. The van der Waals surface area contributed by atoms with Crippen molar-refractivity contribution in [2.75, 3.05) is 13.7 Å². The summed E-state index contributed by atoms with van der Waals surface area (Å²) in [5, 5.41) is 0. The molecule has 0 aliphatic carbocycles. The third-order valence-corrected chi connectivity index (χ3v) is 11.3. The fourth-order valence-corrected chi connectivity index (χ4v) is 10.2. The molecule has 9 heteroatoms. The van der Waals surface area contributed by atoms with Crippen LogP contribution in [0.3, 0.4) is 0 Å². The molecule has 24 heavy (non-hydrogen) atoms. The lowest BCUT2D eigenvalue weighted by molar-refractivity contribution is -0.145. The van der Waals surface area contributed by atoms with Gasteiger partial charge < -0.3 is 17.7 Å². The zero-order valence-electron chi connectivity index (χ0n) is 16.1. The molecule has 0 fully saturated rings. The van der Waals surface area contributed by atoms with Crippen molar-refractivity contribution >= 4 is 37.9 Å². The molecule has 0 aromatic rings. The Balaban J connectivity index is 4.25. The fourth-order valence-electron chi connectivity index (χ4n) is 1.81. The van der Waals surface area contributed by atoms with E-state index >= 15 is 0 Å². The Kier molecular flexibility index (Phi) is 9.97. The van der Waals surface area contributed by atoms with Gasteiger partial charge in [-0.15, -0.1) is 0 Å². The van der Waals surface area contributed by atoms with Crippen molar-refractivity contribution in [3.63, 3.8) is 0 Å². The minimum Gasteiger partial charge on any atom is -0.466 e. The molecule has 140 valence electrons. The van der Waals surface area contributed by atoms with Gasteiger partial charge in [-0.25, -0.2) is 4.79 Å². The lowest BCUT2D eigenvalue weighted by Gasteiger charge is -2.30. The van der Waals surface area contributed by atoms with Crippen molar-refractivity contribution in [1.29, 1.82) is 0 Å². The Hall–Kier alpha value is -0.749. The number of carbonyl (C=O) groups is 2.